The Morgan fingerprint density at radius 3 is 2.54 bits per heavy atom. The molecule has 1 aromatic heterocycles. The fourth-order valence-electron chi connectivity index (χ4n) is 2.42. The molecule has 2 N–H and O–H groups in total. The number of ether oxygens (including phenoxy) is 1. The zero-order valence-electron chi connectivity index (χ0n) is 12.9. The third-order valence-corrected chi connectivity index (χ3v) is 5.23. The molecule has 0 unspecified atom stereocenters. The number of methoxy groups -OCH3 is 1. The zero-order chi connectivity index (χ0) is 17.2. The quantitative estimate of drug-likeness (QED) is 0.744. The maximum atomic E-state index is 12.5. The Kier molecular flexibility index (Phi) is 4.26. The Hall–Kier alpha value is -2.80. The van der Waals surface area contributed by atoms with E-state index in [0.717, 1.165) is 0 Å². The van der Waals surface area contributed by atoms with E-state index in [0.29, 0.717) is 22.3 Å². The first kappa shape index (κ1) is 16.1. The van der Waals surface area contributed by atoms with Crippen molar-refractivity contribution in [2.24, 2.45) is 0 Å². The largest absolute Gasteiger partial charge is 0.497 e. The van der Waals surface area contributed by atoms with Crippen LogP contribution in [0.25, 0.3) is 10.9 Å². The molecule has 0 atom stereocenters. The Balaban J connectivity index is 1.77. The summed E-state index contributed by atoms with van der Waals surface area (Å²) >= 11 is 0. The van der Waals surface area contributed by atoms with Crippen LogP contribution >= 0.6 is 0 Å². The van der Waals surface area contributed by atoms with Gasteiger partial charge in [-0.15, -0.1) is 0 Å². The molecule has 24 heavy (non-hydrogen) atoms. The van der Waals surface area contributed by atoms with Crippen molar-refractivity contribution < 1.29 is 17.9 Å². The van der Waals surface area contributed by atoms with Crippen molar-refractivity contribution in [2.75, 3.05) is 18.2 Å². The summed E-state index contributed by atoms with van der Waals surface area (Å²) in [5.74, 6) is -0.564. The molecule has 3 rings (SSSR count). The van der Waals surface area contributed by atoms with Gasteiger partial charge in [-0.05, 0) is 30.3 Å². The van der Waals surface area contributed by atoms with E-state index >= 15 is 0 Å². The monoisotopic (exact) mass is 344 g/mol. The van der Waals surface area contributed by atoms with Crippen LogP contribution in [0.15, 0.2) is 59.6 Å². The number of aromatic nitrogens is 1. The van der Waals surface area contributed by atoms with Crippen molar-refractivity contribution in [3.05, 3.63) is 54.7 Å². The lowest BCUT2D eigenvalue weighted by Crippen LogP contribution is -2.22. The van der Waals surface area contributed by atoms with Crippen molar-refractivity contribution >= 4 is 32.3 Å². The van der Waals surface area contributed by atoms with Gasteiger partial charge in [0.05, 0.1) is 12.0 Å². The van der Waals surface area contributed by atoms with Gasteiger partial charge in [-0.25, -0.2) is 8.42 Å². The van der Waals surface area contributed by atoms with Gasteiger partial charge < -0.3 is 15.0 Å². The Morgan fingerprint density at radius 1 is 1.12 bits per heavy atom. The molecule has 124 valence electrons. The van der Waals surface area contributed by atoms with Crippen molar-refractivity contribution in [2.45, 2.75) is 4.90 Å². The Labute approximate surface area is 139 Å². The van der Waals surface area contributed by atoms with Gasteiger partial charge in [-0.3, -0.25) is 4.79 Å². The third-order valence-electron chi connectivity index (χ3n) is 3.58. The average molecular weight is 344 g/mol. The highest BCUT2D eigenvalue weighted by molar-refractivity contribution is 7.92. The number of rotatable bonds is 5. The lowest BCUT2D eigenvalue weighted by molar-refractivity contribution is -0.113. The fourth-order valence-corrected chi connectivity index (χ4v) is 3.75. The molecular weight excluding hydrogens is 328 g/mol. The van der Waals surface area contributed by atoms with E-state index in [-0.39, 0.29) is 4.90 Å². The smallest absolute Gasteiger partial charge is 0.239 e. The number of carbonyl (C=O) groups excluding carboxylic acids is 1. The van der Waals surface area contributed by atoms with Crippen LogP contribution in [0.3, 0.4) is 0 Å². The van der Waals surface area contributed by atoms with Crippen LogP contribution in [0.5, 0.6) is 5.75 Å². The third kappa shape index (κ3) is 3.26. The molecule has 0 saturated carbocycles. The Morgan fingerprint density at radius 2 is 1.83 bits per heavy atom. The maximum absolute atomic E-state index is 12.5. The lowest BCUT2D eigenvalue weighted by Gasteiger charge is -2.07. The highest BCUT2D eigenvalue weighted by atomic mass is 32.2. The number of fused-ring (bicyclic) bond motifs is 1. The number of aromatic amines is 1. The molecule has 0 aliphatic carbocycles. The second-order valence-corrected chi connectivity index (χ2v) is 7.19. The zero-order valence-corrected chi connectivity index (χ0v) is 13.8. The molecule has 0 spiro atoms. The molecular formula is C17H16N2O4S. The summed E-state index contributed by atoms with van der Waals surface area (Å²) < 4.78 is 30.0. The summed E-state index contributed by atoms with van der Waals surface area (Å²) in [5.41, 5.74) is 1.22. The van der Waals surface area contributed by atoms with Gasteiger partial charge in [0.25, 0.3) is 0 Å². The topological polar surface area (TPSA) is 88.3 Å². The van der Waals surface area contributed by atoms with Crippen molar-refractivity contribution in [1.82, 2.24) is 4.98 Å². The summed E-state index contributed by atoms with van der Waals surface area (Å²) in [6.07, 6.45) is 1.42. The predicted octanol–water partition coefficient (Wildman–Crippen LogP) is 2.59. The first-order chi connectivity index (χ1) is 11.5. The number of H-pyrrole nitrogens is 1. The molecule has 0 fully saturated rings. The maximum Gasteiger partial charge on any atom is 0.239 e. The fraction of sp³-hybridized carbons (Fsp3) is 0.118. The number of benzene rings is 2. The average Bonchev–Trinajstić information content (AvgIpc) is 3.00. The Bertz CT molecular complexity index is 975. The van der Waals surface area contributed by atoms with Crippen LogP contribution in [0, 0.1) is 0 Å². The molecule has 0 saturated heterocycles. The van der Waals surface area contributed by atoms with Gasteiger partial charge in [-0.2, -0.15) is 0 Å². The molecule has 1 amide bonds. The number of hydrogen-bond acceptors (Lipinski definition) is 4. The van der Waals surface area contributed by atoms with Crippen LogP contribution in [0.2, 0.25) is 0 Å². The van der Waals surface area contributed by atoms with Crippen molar-refractivity contribution in [1.29, 1.82) is 0 Å². The molecule has 0 bridgehead atoms. The number of para-hydroxylation sites is 1. The minimum absolute atomic E-state index is 0.128. The van der Waals surface area contributed by atoms with Gasteiger partial charge in [0.1, 0.15) is 11.5 Å². The van der Waals surface area contributed by atoms with E-state index < -0.39 is 21.5 Å². The summed E-state index contributed by atoms with van der Waals surface area (Å²) in [5, 5.41) is 3.15. The van der Waals surface area contributed by atoms with Gasteiger partial charge in [0.2, 0.25) is 5.91 Å². The van der Waals surface area contributed by atoms with Crippen LogP contribution in [0.1, 0.15) is 0 Å². The second-order valence-electron chi connectivity index (χ2n) is 5.23. The minimum atomic E-state index is -3.74. The summed E-state index contributed by atoms with van der Waals surface area (Å²) in [7, 11) is -2.20. The number of amides is 1. The molecule has 2 aromatic carbocycles. The number of nitrogens with one attached hydrogen (secondary N) is 2. The molecule has 7 heteroatoms. The molecule has 0 aliphatic rings. The van der Waals surface area contributed by atoms with Crippen LogP contribution in [-0.4, -0.2) is 32.2 Å². The summed E-state index contributed by atoms with van der Waals surface area (Å²) in [6.45, 7) is 0. The molecule has 1 heterocycles. The van der Waals surface area contributed by atoms with Crippen LogP contribution < -0.4 is 10.1 Å². The number of carbonyl (C=O) groups is 1. The minimum Gasteiger partial charge on any atom is -0.497 e. The molecule has 0 aliphatic heterocycles. The first-order valence-corrected chi connectivity index (χ1v) is 8.87. The molecule has 0 radical (unpaired) electrons. The van der Waals surface area contributed by atoms with Crippen molar-refractivity contribution in [3.63, 3.8) is 0 Å². The van der Waals surface area contributed by atoms with E-state index in [1.807, 2.05) is 6.07 Å². The van der Waals surface area contributed by atoms with E-state index in [1.54, 1.807) is 49.6 Å². The second kappa shape index (κ2) is 6.37. The van der Waals surface area contributed by atoms with E-state index in [1.165, 1.54) is 6.20 Å². The van der Waals surface area contributed by atoms with Crippen LogP contribution in [-0.2, 0) is 14.6 Å². The summed E-state index contributed by atoms with van der Waals surface area (Å²) in [6, 6.07) is 13.7. The number of hydrogen-bond donors (Lipinski definition) is 2. The van der Waals surface area contributed by atoms with E-state index in [2.05, 4.69) is 10.3 Å². The normalized spacial score (nSPS) is 11.4. The van der Waals surface area contributed by atoms with Crippen molar-refractivity contribution in [3.8, 4) is 5.75 Å². The first-order valence-electron chi connectivity index (χ1n) is 7.22. The lowest BCUT2D eigenvalue weighted by atomic mass is 10.2. The molecule has 6 nitrogen and oxygen atoms in total. The van der Waals surface area contributed by atoms with Gasteiger partial charge in [0.15, 0.2) is 9.84 Å². The molecule has 3 aromatic rings. The highest BCUT2D eigenvalue weighted by Crippen LogP contribution is 2.23. The van der Waals surface area contributed by atoms with Gasteiger partial charge in [-0.1, -0.05) is 18.2 Å². The van der Waals surface area contributed by atoms with E-state index in [9.17, 15) is 13.2 Å². The highest BCUT2D eigenvalue weighted by Gasteiger charge is 2.22. The number of sulfone groups is 1. The standard InChI is InChI=1S/C17H16N2O4S/c1-23-13-8-6-12(7-9-13)19-17(20)11-24(21,22)16-10-18-15-5-3-2-4-14(15)16/h2-10,18H,11H2,1H3,(H,19,20). The van der Waals surface area contributed by atoms with Gasteiger partial charge >= 0.3 is 0 Å². The predicted molar refractivity (Wildman–Crippen MR) is 92.0 cm³/mol. The number of anilines is 1. The van der Waals surface area contributed by atoms with Crippen LogP contribution in [0.4, 0.5) is 5.69 Å². The SMILES string of the molecule is COc1ccc(NC(=O)CS(=O)(=O)c2c[nH]c3ccccc23)cc1. The van der Waals surface area contributed by atoms with Gasteiger partial charge in [0, 0.05) is 22.8 Å². The summed E-state index contributed by atoms with van der Waals surface area (Å²) in [4.78, 5) is 15.1. The van der Waals surface area contributed by atoms with E-state index in [4.69, 9.17) is 4.74 Å².